The number of carbonyl (C=O) groups is 2. The number of benzene rings is 2. The average molecular weight is 469 g/mol. The Balaban J connectivity index is 1.86. The first kappa shape index (κ1) is 27.4. The Bertz CT molecular complexity index is 858. The molecule has 0 aliphatic carbocycles. The molecule has 0 atom stereocenters. The first-order chi connectivity index (χ1) is 16.6. The van der Waals surface area contributed by atoms with Gasteiger partial charge in [-0.2, -0.15) is 0 Å². The molecule has 0 spiro atoms. The molecule has 0 heterocycles. The van der Waals surface area contributed by atoms with Crippen LogP contribution in [0.25, 0.3) is 0 Å². The van der Waals surface area contributed by atoms with Gasteiger partial charge >= 0.3 is 11.9 Å². The molecular formula is C29H40O5. The van der Waals surface area contributed by atoms with Gasteiger partial charge in [0.15, 0.2) is 5.41 Å². The molecule has 0 bridgehead atoms. The van der Waals surface area contributed by atoms with E-state index in [-0.39, 0.29) is 6.61 Å². The van der Waals surface area contributed by atoms with Crippen LogP contribution in [0.5, 0.6) is 11.5 Å². The van der Waals surface area contributed by atoms with Crippen molar-refractivity contribution in [1.82, 2.24) is 0 Å². The minimum Gasteiger partial charge on any atom is -0.465 e. The normalized spacial score (nSPS) is 11.1. The summed E-state index contributed by atoms with van der Waals surface area (Å²) in [7, 11) is 0. The van der Waals surface area contributed by atoms with E-state index < -0.39 is 17.4 Å². The van der Waals surface area contributed by atoms with E-state index in [0.717, 1.165) is 30.6 Å². The van der Waals surface area contributed by atoms with Gasteiger partial charge in [-0.15, -0.1) is 0 Å². The van der Waals surface area contributed by atoms with Crippen LogP contribution in [-0.4, -0.2) is 18.5 Å². The molecule has 2 rings (SSSR count). The first-order valence-electron chi connectivity index (χ1n) is 12.7. The molecule has 0 saturated carbocycles. The number of hydrogen-bond donors (Lipinski definition) is 0. The summed E-state index contributed by atoms with van der Waals surface area (Å²) in [5.41, 5.74) is -0.474. The molecule has 0 saturated heterocycles. The quantitative estimate of drug-likeness (QED) is 0.144. The predicted octanol–water partition coefficient (Wildman–Crippen LogP) is 7.62. The van der Waals surface area contributed by atoms with Crippen LogP contribution < -0.4 is 4.74 Å². The zero-order valence-electron chi connectivity index (χ0n) is 21.0. The maximum Gasteiger partial charge on any atom is 0.323 e. The maximum absolute atomic E-state index is 13.0. The van der Waals surface area contributed by atoms with E-state index in [1.54, 1.807) is 0 Å². The SMILES string of the molecule is CCCCCCCCCOC(=O)C(CC)(CC)C(=O)OCc1cccc(Oc2ccccc2)c1. The number of carbonyl (C=O) groups excluding carboxylic acids is 2. The topological polar surface area (TPSA) is 61.8 Å². The second-order valence-electron chi connectivity index (χ2n) is 8.69. The molecule has 5 nitrogen and oxygen atoms in total. The summed E-state index contributed by atoms with van der Waals surface area (Å²) >= 11 is 0. The number of hydrogen-bond acceptors (Lipinski definition) is 5. The molecule has 5 heteroatoms. The third kappa shape index (κ3) is 8.51. The third-order valence-electron chi connectivity index (χ3n) is 6.22. The standard InChI is InChI=1S/C29H40O5/c1-4-7-8-9-10-11-15-21-32-27(30)29(5-2,6-3)28(31)33-23-24-17-16-20-26(22-24)34-25-18-13-12-14-19-25/h12-14,16-20,22H,4-11,15,21,23H2,1-3H3. The van der Waals surface area contributed by atoms with Gasteiger partial charge in [-0.3, -0.25) is 9.59 Å². The van der Waals surface area contributed by atoms with E-state index in [9.17, 15) is 9.59 Å². The Kier molecular flexibility index (Phi) is 12.2. The van der Waals surface area contributed by atoms with Crippen molar-refractivity contribution in [3.8, 4) is 11.5 Å². The molecule has 0 N–H and O–H groups in total. The van der Waals surface area contributed by atoms with Crippen LogP contribution in [0.15, 0.2) is 54.6 Å². The molecule has 2 aromatic rings. The zero-order chi connectivity index (χ0) is 24.7. The lowest BCUT2D eigenvalue weighted by molar-refractivity contribution is -0.174. The summed E-state index contributed by atoms with van der Waals surface area (Å²) in [5, 5.41) is 0. The van der Waals surface area contributed by atoms with Crippen molar-refractivity contribution in [3.63, 3.8) is 0 Å². The van der Waals surface area contributed by atoms with Crippen molar-refractivity contribution in [2.75, 3.05) is 6.61 Å². The van der Waals surface area contributed by atoms with Crippen molar-refractivity contribution < 1.29 is 23.8 Å². The van der Waals surface area contributed by atoms with Gasteiger partial charge in [-0.1, -0.05) is 89.6 Å². The smallest absolute Gasteiger partial charge is 0.323 e. The number of unbranched alkanes of at least 4 members (excludes halogenated alkanes) is 6. The highest BCUT2D eigenvalue weighted by Crippen LogP contribution is 2.31. The molecule has 34 heavy (non-hydrogen) atoms. The fourth-order valence-electron chi connectivity index (χ4n) is 3.88. The van der Waals surface area contributed by atoms with E-state index in [1.807, 2.05) is 68.4 Å². The molecule has 0 fully saturated rings. The second kappa shape index (κ2) is 15.2. The van der Waals surface area contributed by atoms with Crippen LogP contribution in [0.3, 0.4) is 0 Å². The van der Waals surface area contributed by atoms with Gasteiger partial charge in [0.1, 0.15) is 18.1 Å². The third-order valence-corrected chi connectivity index (χ3v) is 6.22. The molecule has 0 aliphatic rings. The van der Waals surface area contributed by atoms with Crippen molar-refractivity contribution in [1.29, 1.82) is 0 Å². The summed E-state index contributed by atoms with van der Waals surface area (Å²) in [6.07, 6.45) is 8.69. The van der Waals surface area contributed by atoms with Crippen LogP contribution >= 0.6 is 0 Å². The second-order valence-corrected chi connectivity index (χ2v) is 8.69. The molecule has 0 radical (unpaired) electrons. The lowest BCUT2D eigenvalue weighted by Gasteiger charge is -2.27. The minimum absolute atomic E-state index is 0.0671. The Morgan fingerprint density at radius 2 is 1.32 bits per heavy atom. The summed E-state index contributed by atoms with van der Waals surface area (Å²) in [5.74, 6) is 0.383. The lowest BCUT2D eigenvalue weighted by atomic mass is 9.82. The largest absolute Gasteiger partial charge is 0.465 e. The summed E-state index contributed by atoms with van der Waals surface area (Å²) in [4.78, 5) is 25.9. The number of ether oxygens (including phenoxy) is 3. The summed E-state index contributed by atoms with van der Waals surface area (Å²) < 4.78 is 17.0. The Hall–Kier alpha value is -2.82. The fourth-order valence-corrected chi connectivity index (χ4v) is 3.88. The van der Waals surface area contributed by atoms with E-state index >= 15 is 0 Å². The predicted molar refractivity (Wildman–Crippen MR) is 135 cm³/mol. The Labute approximate surface area is 204 Å². The van der Waals surface area contributed by atoms with Crippen LogP contribution in [0.1, 0.15) is 84.1 Å². The molecule has 0 amide bonds. The van der Waals surface area contributed by atoms with Gasteiger partial charge in [0.05, 0.1) is 6.61 Å². The van der Waals surface area contributed by atoms with Gasteiger partial charge in [0, 0.05) is 0 Å². The number of para-hydroxylation sites is 1. The Morgan fingerprint density at radius 3 is 2.00 bits per heavy atom. The fraction of sp³-hybridized carbons (Fsp3) is 0.517. The molecular weight excluding hydrogens is 428 g/mol. The monoisotopic (exact) mass is 468 g/mol. The molecule has 0 unspecified atom stereocenters. The molecule has 0 aromatic heterocycles. The van der Waals surface area contributed by atoms with Crippen LogP contribution in [0.2, 0.25) is 0 Å². The highest BCUT2D eigenvalue weighted by Gasteiger charge is 2.45. The van der Waals surface area contributed by atoms with Gasteiger partial charge in [0.25, 0.3) is 0 Å². The molecule has 2 aromatic carbocycles. The number of rotatable bonds is 16. The highest BCUT2D eigenvalue weighted by molar-refractivity contribution is 6.00. The van der Waals surface area contributed by atoms with Crippen LogP contribution in [0.4, 0.5) is 0 Å². The van der Waals surface area contributed by atoms with E-state index in [1.165, 1.54) is 25.7 Å². The van der Waals surface area contributed by atoms with Crippen LogP contribution in [0, 0.1) is 5.41 Å². The maximum atomic E-state index is 13.0. The lowest BCUT2D eigenvalue weighted by Crippen LogP contribution is -2.41. The van der Waals surface area contributed by atoms with Gasteiger partial charge < -0.3 is 14.2 Å². The van der Waals surface area contributed by atoms with E-state index in [0.29, 0.717) is 25.2 Å². The van der Waals surface area contributed by atoms with Crippen molar-refractivity contribution in [3.05, 3.63) is 60.2 Å². The zero-order valence-corrected chi connectivity index (χ0v) is 21.0. The molecule has 0 aliphatic heterocycles. The van der Waals surface area contributed by atoms with Crippen molar-refractivity contribution in [2.45, 2.75) is 85.2 Å². The van der Waals surface area contributed by atoms with Crippen molar-refractivity contribution >= 4 is 11.9 Å². The molecule has 186 valence electrons. The van der Waals surface area contributed by atoms with Gasteiger partial charge in [-0.25, -0.2) is 0 Å². The summed E-state index contributed by atoms with van der Waals surface area (Å²) in [6, 6.07) is 16.9. The summed E-state index contributed by atoms with van der Waals surface area (Å²) in [6.45, 7) is 6.27. The number of esters is 2. The minimum atomic E-state index is -1.26. The highest BCUT2D eigenvalue weighted by atomic mass is 16.6. The van der Waals surface area contributed by atoms with Crippen molar-refractivity contribution in [2.24, 2.45) is 5.41 Å². The van der Waals surface area contributed by atoms with Crippen LogP contribution in [-0.2, 0) is 25.7 Å². The van der Waals surface area contributed by atoms with Gasteiger partial charge in [-0.05, 0) is 49.1 Å². The average Bonchev–Trinajstić information content (AvgIpc) is 2.86. The van der Waals surface area contributed by atoms with E-state index in [2.05, 4.69) is 6.92 Å². The first-order valence-corrected chi connectivity index (χ1v) is 12.7. The Morgan fingerprint density at radius 1 is 0.706 bits per heavy atom. The van der Waals surface area contributed by atoms with Gasteiger partial charge in [0.2, 0.25) is 0 Å². The van der Waals surface area contributed by atoms with E-state index in [4.69, 9.17) is 14.2 Å².